The largest absolute Gasteiger partial charge is 0.424 e. The summed E-state index contributed by atoms with van der Waals surface area (Å²) in [5, 5.41) is 17.3. The zero-order valence-corrected chi connectivity index (χ0v) is 12.7. The smallest absolute Gasteiger partial charge is 0.230 e. The zero-order chi connectivity index (χ0) is 15.1. The van der Waals surface area contributed by atoms with Crippen LogP contribution in [0.25, 0.3) is 0 Å². The zero-order valence-electron chi connectivity index (χ0n) is 12.7. The van der Waals surface area contributed by atoms with Crippen molar-refractivity contribution in [1.29, 1.82) is 0 Å². The van der Waals surface area contributed by atoms with Gasteiger partial charge in [-0.3, -0.25) is 4.90 Å². The quantitative estimate of drug-likeness (QED) is 0.807. The highest BCUT2D eigenvalue weighted by atomic mass is 16.4. The van der Waals surface area contributed by atoms with Crippen molar-refractivity contribution in [2.45, 2.75) is 32.7 Å². The van der Waals surface area contributed by atoms with E-state index in [2.05, 4.69) is 27.2 Å². The second kappa shape index (κ2) is 7.90. The molecule has 0 saturated carbocycles. The van der Waals surface area contributed by atoms with Gasteiger partial charge in [-0.2, -0.15) is 0 Å². The standard InChI is InChI=1S/C16H23N3O2/c1-13(2)16-18-17-15(21-16)12-19(10-11-20)9-8-14-6-4-3-5-7-14/h3-7,13,20H,8-12H2,1-2H3. The molecule has 0 aliphatic rings. The van der Waals surface area contributed by atoms with Gasteiger partial charge in [-0.25, -0.2) is 0 Å². The second-order valence-electron chi connectivity index (χ2n) is 5.42. The van der Waals surface area contributed by atoms with E-state index in [9.17, 15) is 5.11 Å². The van der Waals surface area contributed by atoms with Gasteiger partial charge < -0.3 is 9.52 Å². The van der Waals surface area contributed by atoms with Gasteiger partial charge in [-0.1, -0.05) is 44.2 Å². The summed E-state index contributed by atoms with van der Waals surface area (Å²) in [6, 6.07) is 10.3. The van der Waals surface area contributed by atoms with Crippen LogP contribution in [0.3, 0.4) is 0 Å². The van der Waals surface area contributed by atoms with Crippen LogP contribution >= 0.6 is 0 Å². The maximum atomic E-state index is 9.20. The van der Waals surface area contributed by atoms with Crippen molar-refractivity contribution in [3.8, 4) is 0 Å². The van der Waals surface area contributed by atoms with Crippen molar-refractivity contribution in [3.05, 3.63) is 47.7 Å². The van der Waals surface area contributed by atoms with Gasteiger partial charge in [0, 0.05) is 19.0 Å². The third kappa shape index (κ3) is 4.95. The van der Waals surface area contributed by atoms with Crippen LogP contribution in [-0.2, 0) is 13.0 Å². The molecule has 0 saturated heterocycles. The van der Waals surface area contributed by atoms with Crippen molar-refractivity contribution >= 4 is 0 Å². The lowest BCUT2D eigenvalue weighted by molar-refractivity contribution is 0.178. The topological polar surface area (TPSA) is 62.4 Å². The van der Waals surface area contributed by atoms with E-state index in [1.807, 2.05) is 32.0 Å². The maximum Gasteiger partial charge on any atom is 0.230 e. The Morgan fingerprint density at radius 3 is 2.52 bits per heavy atom. The second-order valence-corrected chi connectivity index (χ2v) is 5.42. The summed E-state index contributed by atoms with van der Waals surface area (Å²) in [6.07, 6.45) is 0.937. The summed E-state index contributed by atoms with van der Waals surface area (Å²) in [5.41, 5.74) is 1.29. The highest BCUT2D eigenvalue weighted by Crippen LogP contribution is 2.13. The number of benzene rings is 1. The van der Waals surface area contributed by atoms with Crippen molar-refractivity contribution in [2.24, 2.45) is 0 Å². The number of hydrogen-bond donors (Lipinski definition) is 1. The van der Waals surface area contributed by atoms with Crippen LogP contribution in [0, 0.1) is 0 Å². The van der Waals surface area contributed by atoms with Crippen molar-refractivity contribution in [2.75, 3.05) is 19.7 Å². The van der Waals surface area contributed by atoms with E-state index in [1.165, 1.54) is 5.56 Å². The van der Waals surface area contributed by atoms with Crippen LogP contribution in [-0.4, -0.2) is 39.9 Å². The third-order valence-electron chi connectivity index (χ3n) is 3.31. The molecule has 1 heterocycles. The Morgan fingerprint density at radius 2 is 1.90 bits per heavy atom. The summed E-state index contributed by atoms with van der Waals surface area (Å²) >= 11 is 0. The van der Waals surface area contributed by atoms with Gasteiger partial charge in [0.05, 0.1) is 13.2 Å². The van der Waals surface area contributed by atoms with E-state index >= 15 is 0 Å². The molecule has 0 unspecified atom stereocenters. The maximum absolute atomic E-state index is 9.20. The Hall–Kier alpha value is -1.72. The van der Waals surface area contributed by atoms with Crippen LogP contribution in [0.4, 0.5) is 0 Å². The van der Waals surface area contributed by atoms with E-state index < -0.39 is 0 Å². The lowest BCUT2D eigenvalue weighted by atomic mass is 10.1. The lowest BCUT2D eigenvalue weighted by Crippen LogP contribution is -2.28. The highest BCUT2D eigenvalue weighted by molar-refractivity contribution is 5.14. The van der Waals surface area contributed by atoms with Crippen LogP contribution < -0.4 is 0 Å². The average molecular weight is 289 g/mol. The SMILES string of the molecule is CC(C)c1nnc(CN(CCO)CCc2ccccc2)o1. The Morgan fingerprint density at radius 1 is 1.14 bits per heavy atom. The number of aromatic nitrogens is 2. The molecule has 1 N–H and O–H groups in total. The van der Waals surface area contributed by atoms with Gasteiger partial charge in [-0.05, 0) is 12.0 Å². The van der Waals surface area contributed by atoms with Crippen LogP contribution in [0.2, 0.25) is 0 Å². The molecule has 21 heavy (non-hydrogen) atoms. The third-order valence-corrected chi connectivity index (χ3v) is 3.31. The normalized spacial score (nSPS) is 11.5. The molecule has 0 aliphatic heterocycles. The summed E-state index contributed by atoms with van der Waals surface area (Å²) in [5.74, 6) is 1.51. The number of nitrogens with zero attached hydrogens (tertiary/aromatic N) is 3. The fourth-order valence-electron chi connectivity index (χ4n) is 2.10. The molecule has 0 amide bonds. The van der Waals surface area contributed by atoms with Gasteiger partial charge in [0.15, 0.2) is 0 Å². The molecule has 1 aromatic heterocycles. The van der Waals surface area contributed by atoms with E-state index in [4.69, 9.17) is 4.42 Å². The molecule has 0 bridgehead atoms. The summed E-state index contributed by atoms with van der Waals surface area (Å²) in [6.45, 7) is 6.21. The molecule has 0 fully saturated rings. The van der Waals surface area contributed by atoms with Crippen molar-refractivity contribution < 1.29 is 9.52 Å². The fourth-order valence-corrected chi connectivity index (χ4v) is 2.10. The van der Waals surface area contributed by atoms with E-state index in [-0.39, 0.29) is 12.5 Å². The molecule has 2 aromatic rings. The molecule has 2 rings (SSSR count). The van der Waals surface area contributed by atoms with Crippen molar-refractivity contribution in [1.82, 2.24) is 15.1 Å². The molecule has 0 radical (unpaired) electrons. The Balaban J connectivity index is 1.91. The molecular formula is C16H23N3O2. The van der Waals surface area contributed by atoms with E-state index in [1.54, 1.807) is 0 Å². The van der Waals surface area contributed by atoms with Gasteiger partial charge in [0.1, 0.15) is 0 Å². The van der Waals surface area contributed by atoms with E-state index in [0.717, 1.165) is 13.0 Å². The van der Waals surface area contributed by atoms with Crippen molar-refractivity contribution in [3.63, 3.8) is 0 Å². The van der Waals surface area contributed by atoms with Crippen LogP contribution in [0.5, 0.6) is 0 Å². The predicted molar refractivity (Wildman–Crippen MR) is 80.9 cm³/mol. The fraction of sp³-hybridized carbons (Fsp3) is 0.500. The van der Waals surface area contributed by atoms with Crippen LogP contribution in [0.15, 0.2) is 34.7 Å². The molecule has 0 atom stereocenters. The Kier molecular flexibility index (Phi) is 5.90. The number of hydrogen-bond acceptors (Lipinski definition) is 5. The molecule has 0 aliphatic carbocycles. The minimum Gasteiger partial charge on any atom is -0.424 e. The molecular weight excluding hydrogens is 266 g/mol. The Bertz CT molecular complexity index is 525. The van der Waals surface area contributed by atoms with Gasteiger partial charge in [0.2, 0.25) is 11.8 Å². The summed E-state index contributed by atoms with van der Waals surface area (Å²) < 4.78 is 5.63. The van der Waals surface area contributed by atoms with Crippen LogP contribution in [0.1, 0.15) is 37.1 Å². The first-order valence-corrected chi connectivity index (χ1v) is 7.38. The minimum atomic E-state index is 0.125. The van der Waals surface area contributed by atoms with E-state index in [0.29, 0.717) is 24.9 Å². The lowest BCUT2D eigenvalue weighted by Gasteiger charge is -2.19. The molecule has 1 aromatic carbocycles. The molecule has 0 spiro atoms. The number of aliphatic hydroxyl groups is 1. The first-order chi connectivity index (χ1) is 10.2. The summed E-state index contributed by atoms with van der Waals surface area (Å²) in [4.78, 5) is 2.13. The molecule has 5 heteroatoms. The molecule has 114 valence electrons. The molecule has 5 nitrogen and oxygen atoms in total. The monoisotopic (exact) mass is 289 g/mol. The van der Waals surface area contributed by atoms with Gasteiger partial charge >= 0.3 is 0 Å². The highest BCUT2D eigenvalue weighted by Gasteiger charge is 2.13. The first-order valence-electron chi connectivity index (χ1n) is 7.38. The predicted octanol–water partition coefficient (Wildman–Crippen LogP) is 2.23. The first kappa shape index (κ1) is 15.7. The average Bonchev–Trinajstić information content (AvgIpc) is 2.95. The van der Waals surface area contributed by atoms with Gasteiger partial charge in [-0.15, -0.1) is 10.2 Å². The Labute approximate surface area is 125 Å². The number of rotatable bonds is 8. The summed E-state index contributed by atoms with van der Waals surface area (Å²) in [7, 11) is 0. The minimum absolute atomic E-state index is 0.125. The number of aliphatic hydroxyl groups excluding tert-OH is 1. The van der Waals surface area contributed by atoms with Gasteiger partial charge in [0.25, 0.3) is 0 Å².